The van der Waals surface area contributed by atoms with Crippen LogP contribution in [-0.4, -0.2) is 37.4 Å². The average molecular weight is 356 g/mol. The van der Waals surface area contributed by atoms with Crippen LogP contribution >= 0.6 is 0 Å². The minimum atomic E-state index is -6.08. The van der Waals surface area contributed by atoms with E-state index >= 15 is 0 Å². The molecule has 23 heavy (non-hydrogen) atoms. The van der Waals surface area contributed by atoms with Crippen LogP contribution in [0.4, 0.5) is 18.9 Å². The molecule has 0 aliphatic rings. The molecule has 8 nitrogen and oxygen atoms in total. The van der Waals surface area contributed by atoms with Crippen molar-refractivity contribution in [1.82, 2.24) is 4.98 Å². The molecule has 1 N–H and O–H groups in total. The van der Waals surface area contributed by atoms with Gasteiger partial charge in [0, 0.05) is 13.1 Å². The fourth-order valence-corrected chi connectivity index (χ4v) is 1.81. The number of ether oxygens (including phenoxy) is 1. The van der Waals surface area contributed by atoms with E-state index in [0.717, 1.165) is 19.2 Å². The maximum atomic E-state index is 12.5. The third kappa shape index (κ3) is 4.55. The van der Waals surface area contributed by atoms with Crippen LogP contribution in [0.2, 0.25) is 0 Å². The van der Waals surface area contributed by atoms with Crippen LogP contribution < -0.4 is 9.50 Å². The lowest BCUT2D eigenvalue weighted by atomic mass is 10.3. The Bertz CT molecular complexity index is 717. The van der Waals surface area contributed by atoms with Crippen molar-refractivity contribution < 1.29 is 40.1 Å². The third-order valence-corrected chi connectivity index (χ3v) is 3.11. The van der Waals surface area contributed by atoms with Gasteiger partial charge in [0.25, 0.3) is 0 Å². The van der Waals surface area contributed by atoms with Crippen LogP contribution in [0.1, 0.15) is 24.3 Å². The fraction of sp³-hybridized carbons (Fsp3) is 0.364. The van der Waals surface area contributed by atoms with E-state index in [1.165, 1.54) is 6.92 Å². The van der Waals surface area contributed by atoms with Crippen LogP contribution in [0, 0.1) is 0 Å². The van der Waals surface area contributed by atoms with Crippen molar-refractivity contribution in [2.24, 2.45) is 0 Å². The highest BCUT2D eigenvalue weighted by molar-refractivity contribution is 7.88. The smallest absolute Gasteiger partial charge is 0.461 e. The number of carbonyl (C=O) groups is 2. The van der Waals surface area contributed by atoms with Crippen molar-refractivity contribution >= 4 is 27.7 Å². The summed E-state index contributed by atoms with van der Waals surface area (Å²) in [5, 5.41) is 2.04. The fourth-order valence-electron chi connectivity index (χ4n) is 1.32. The zero-order chi connectivity index (χ0) is 17.8. The van der Waals surface area contributed by atoms with Gasteiger partial charge in [0.05, 0.1) is 12.3 Å². The molecule has 0 fully saturated rings. The molecule has 1 heterocycles. The molecule has 0 saturated carbocycles. The molecule has 128 valence electrons. The maximum Gasteiger partial charge on any atom is 0.534 e. The number of rotatable bonds is 5. The molecule has 1 rings (SSSR count). The van der Waals surface area contributed by atoms with Gasteiger partial charge in [-0.1, -0.05) is 0 Å². The predicted octanol–water partition coefficient (Wildman–Crippen LogP) is 1.45. The molecule has 0 radical (unpaired) electrons. The Morgan fingerprint density at radius 2 is 1.96 bits per heavy atom. The third-order valence-electron chi connectivity index (χ3n) is 2.16. The van der Waals surface area contributed by atoms with Gasteiger partial charge in [0.1, 0.15) is 0 Å². The minimum absolute atomic E-state index is 0.143. The number of nitrogens with zero attached hydrogens (tertiary/aromatic N) is 1. The standard InChI is InChI=1S/C11H11F3N2O6S/c1-3-21-10(18)8-9(22-23(19,20)11(12,13)14)7(4-5-15-8)16-6(2)17/h4-5H,3H2,1-2H3,(H,15,16,17). The van der Waals surface area contributed by atoms with Gasteiger partial charge in [0.15, 0.2) is 11.4 Å². The first-order valence-electron chi connectivity index (χ1n) is 5.94. The molecule has 0 bridgehead atoms. The molecular formula is C11H11F3N2O6S. The van der Waals surface area contributed by atoms with Crippen molar-refractivity contribution in [2.45, 2.75) is 19.4 Å². The van der Waals surface area contributed by atoms with Gasteiger partial charge < -0.3 is 14.2 Å². The summed E-state index contributed by atoms with van der Waals surface area (Å²) in [6.07, 6.45) is 0.963. The molecule has 0 aromatic carbocycles. The van der Waals surface area contributed by atoms with Gasteiger partial charge in [-0.15, -0.1) is 0 Å². The summed E-state index contributed by atoms with van der Waals surface area (Å²) in [7, 11) is -6.08. The van der Waals surface area contributed by atoms with Crippen molar-refractivity contribution in [1.29, 1.82) is 0 Å². The van der Waals surface area contributed by atoms with Crippen LogP contribution in [0.25, 0.3) is 0 Å². The molecule has 0 aliphatic carbocycles. The van der Waals surface area contributed by atoms with E-state index in [2.05, 4.69) is 13.9 Å². The van der Waals surface area contributed by atoms with Crippen molar-refractivity contribution in [2.75, 3.05) is 11.9 Å². The molecule has 12 heteroatoms. The summed E-state index contributed by atoms with van der Waals surface area (Å²) >= 11 is 0. The van der Waals surface area contributed by atoms with Crippen molar-refractivity contribution in [3.8, 4) is 5.75 Å². The number of esters is 1. The topological polar surface area (TPSA) is 112 Å². The lowest BCUT2D eigenvalue weighted by molar-refractivity contribution is -0.114. The zero-order valence-corrected chi connectivity index (χ0v) is 12.6. The molecule has 0 spiro atoms. The number of aromatic nitrogens is 1. The monoisotopic (exact) mass is 356 g/mol. The van der Waals surface area contributed by atoms with Gasteiger partial charge in [-0.3, -0.25) is 4.79 Å². The number of pyridine rings is 1. The maximum absolute atomic E-state index is 12.5. The summed E-state index contributed by atoms with van der Waals surface area (Å²) in [5.74, 6) is -3.04. The first-order valence-corrected chi connectivity index (χ1v) is 7.35. The van der Waals surface area contributed by atoms with Gasteiger partial charge in [0.2, 0.25) is 5.91 Å². The van der Waals surface area contributed by atoms with E-state index in [9.17, 15) is 31.2 Å². The van der Waals surface area contributed by atoms with Gasteiger partial charge in [-0.05, 0) is 13.0 Å². The Labute approximate surface area is 128 Å². The number of hydrogen-bond donors (Lipinski definition) is 1. The van der Waals surface area contributed by atoms with Gasteiger partial charge in [-0.2, -0.15) is 21.6 Å². The van der Waals surface area contributed by atoms with E-state index in [0.29, 0.717) is 0 Å². The average Bonchev–Trinajstić information content (AvgIpc) is 2.38. The Morgan fingerprint density at radius 3 is 2.43 bits per heavy atom. The van der Waals surface area contributed by atoms with E-state index < -0.39 is 44.6 Å². The normalized spacial score (nSPS) is 11.7. The SMILES string of the molecule is CCOC(=O)c1nccc(NC(C)=O)c1OS(=O)(=O)C(F)(F)F. The lowest BCUT2D eigenvalue weighted by Crippen LogP contribution is -2.29. The number of carbonyl (C=O) groups excluding carboxylic acids is 2. The minimum Gasteiger partial charge on any atom is -0.461 e. The van der Waals surface area contributed by atoms with E-state index in [1.807, 2.05) is 5.32 Å². The summed E-state index contributed by atoms with van der Waals surface area (Å²) in [4.78, 5) is 26.2. The molecule has 0 unspecified atom stereocenters. The molecule has 0 aliphatic heterocycles. The van der Waals surface area contributed by atoms with Gasteiger partial charge in [-0.25, -0.2) is 9.78 Å². The Balaban J connectivity index is 3.45. The zero-order valence-electron chi connectivity index (χ0n) is 11.8. The number of hydrogen-bond acceptors (Lipinski definition) is 7. The van der Waals surface area contributed by atoms with Gasteiger partial charge >= 0.3 is 21.6 Å². The van der Waals surface area contributed by atoms with Crippen LogP contribution in [0.5, 0.6) is 5.75 Å². The van der Waals surface area contributed by atoms with E-state index in [1.54, 1.807) is 0 Å². The Hall–Kier alpha value is -2.37. The summed E-state index contributed by atoms with van der Waals surface area (Å²) in [5.41, 5.74) is -7.04. The van der Waals surface area contributed by atoms with Crippen molar-refractivity contribution in [3.63, 3.8) is 0 Å². The summed E-state index contributed by atoms with van der Waals surface area (Å²) < 4.78 is 68.2. The van der Waals surface area contributed by atoms with E-state index in [-0.39, 0.29) is 6.61 Å². The molecule has 0 saturated heterocycles. The molecule has 1 amide bonds. The second kappa shape index (κ2) is 6.81. The van der Waals surface area contributed by atoms with E-state index in [4.69, 9.17) is 0 Å². The first-order chi connectivity index (χ1) is 10.5. The number of amides is 1. The highest BCUT2D eigenvalue weighted by Crippen LogP contribution is 2.33. The quantitative estimate of drug-likeness (QED) is 0.483. The highest BCUT2D eigenvalue weighted by Gasteiger charge is 2.49. The molecule has 1 aromatic rings. The number of halogens is 3. The van der Waals surface area contributed by atoms with Crippen LogP contribution in [0.15, 0.2) is 12.3 Å². The first kappa shape index (κ1) is 18.7. The number of alkyl halides is 3. The Kier molecular flexibility index (Phi) is 5.53. The number of anilines is 1. The Morgan fingerprint density at radius 1 is 1.35 bits per heavy atom. The van der Waals surface area contributed by atoms with Crippen LogP contribution in [-0.2, 0) is 19.6 Å². The highest BCUT2D eigenvalue weighted by atomic mass is 32.2. The lowest BCUT2D eigenvalue weighted by Gasteiger charge is -2.15. The van der Waals surface area contributed by atoms with Crippen LogP contribution in [0.3, 0.4) is 0 Å². The molecule has 1 aromatic heterocycles. The predicted molar refractivity (Wildman–Crippen MR) is 70.1 cm³/mol. The summed E-state index contributed by atoms with van der Waals surface area (Å²) in [6, 6.07) is 0.964. The summed E-state index contributed by atoms with van der Waals surface area (Å²) in [6.45, 7) is 2.30. The second-order valence-corrected chi connectivity index (χ2v) is 5.46. The second-order valence-electron chi connectivity index (χ2n) is 3.92. The molecular weight excluding hydrogens is 345 g/mol. The van der Waals surface area contributed by atoms with Crippen molar-refractivity contribution in [3.05, 3.63) is 18.0 Å². The number of nitrogens with one attached hydrogen (secondary N) is 1. The molecule has 0 atom stereocenters. The largest absolute Gasteiger partial charge is 0.534 e.